The molecular formula is C15H19BrFNO. The summed E-state index contributed by atoms with van der Waals surface area (Å²) >= 11 is 3.41. The number of hydrogen-bond donors (Lipinski definition) is 0. The molecule has 1 aromatic rings. The molecule has 1 heterocycles. The van der Waals surface area contributed by atoms with E-state index in [-0.39, 0.29) is 11.6 Å². The molecule has 4 heteroatoms. The number of ketones is 1. The molecule has 0 spiro atoms. The van der Waals surface area contributed by atoms with Crippen molar-refractivity contribution in [2.75, 3.05) is 6.54 Å². The molecule has 0 N–H and O–H groups in total. The van der Waals surface area contributed by atoms with Crippen molar-refractivity contribution in [3.8, 4) is 0 Å². The lowest BCUT2D eigenvalue weighted by Crippen LogP contribution is -2.40. The third-order valence-electron chi connectivity index (χ3n) is 3.66. The second-order valence-electron chi connectivity index (χ2n) is 5.26. The molecule has 1 aliphatic rings. The molecule has 0 bridgehead atoms. The van der Waals surface area contributed by atoms with E-state index in [9.17, 15) is 9.18 Å². The first-order valence-corrected chi connectivity index (χ1v) is 7.53. The normalized spacial score (nSPS) is 20.5. The summed E-state index contributed by atoms with van der Waals surface area (Å²) in [5, 5.41) is 0. The first-order valence-electron chi connectivity index (χ1n) is 6.73. The van der Waals surface area contributed by atoms with E-state index in [2.05, 4.69) is 20.8 Å². The van der Waals surface area contributed by atoms with Gasteiger partial charge >= 0.3 is 0 Å². The van der Waals surface area contributed by atoms with Crippen LogP contribution in [-0.2, 0) is 11.3 Å². The summed E-state index contributed by atoms with van der Waals surface area (Å²) in [6.45, 7) is 3.45. The summed E-state index contributed by atoms with van der Waals surface area (Å²) in [5.41, 5.74) is 1.08. The molecule has 0 aromatic heterocycles. The van der Waals surface area contributed by atoms with Gasteiger partial charge in [-0.2, -0.15) is 0 Å². The number of nitrogens with zero attached hydrogens (tertiary/aromatic N) is 1. The van der Waals surface area contributed by atoms with E-state index in [0.717, 1.165) is 29.5 Å². The van der Waals surface area contributed by atoms with Gasteiger partial charge in [0.25, 0.3) is 0 Å². The average molecular weight is 328 g/mol. The lowest BCUT2D eigenvalue weighted by molar-refractivity contribution is -0.118. The van der Waals surface area contributed by atoms with Gasteiger partial charge in [-0.3, -0.25) is 9.69 Å². The highest BCUT2D eigenvalue weighted by molar-refractivity contribution is 9.10. The molecular weight excluding hydrogens is 309 g/mol. The van der Waals surface area contributed by atoms with Crippen LogP contribution in [-0.4, -0.2) is 23.3 Å². The van der Waals surface area contributed by atoms with Crippen LogP contribution in [0.15, 0.2) is 22.7 Å². The number of benzene rings is 1. The van der Waals surface area contributed by atoms with E-state index < -0.39 is 0 Å². The van der Waals surface area contributed by atoms with Crippen molar-refractivity contribution in [1.82, 2.24) is 4.90 Å². The predicted octanol–water partition coefficient (Wildman–Crippen LogP) is 3.92. The molecule has 0 aliphatic carbocycles. The summed E-state index contributed by atoms with van der Waals surface area (Å²) in [5.74, 6) is 0.0182. The van der Waals surface area contributed by atoms with Gasteiger partial charge in [0.05, 0.1) is 0 Å². The Kier molecular flexibility index (Phi) is 5.11. The van der Waals surface area contributed by atoms with E-state index in [4.69, 9.17) is 0 Å². The second kappa shape index (κ2) is 6.62. The maximum Gasteiger partial charge on any atom is 0.131 e. The van der Waals surface area contributed by atoms with Gasteiger partial charge in [-0.15, -0.1) is 0 Å². The number of carbonyl (C=O) groups is 1. The fraction of sp³-hybridized carbons (Fsp3) is 0.533. The third-order valence-corrected chi connectivity index (χ3v) is 4.40. The standard InChI is InChI=1S/C15H19BrFNO/c1-11(19)8-14-4-2-3-7-18(14)10-12-5-6-13(17)9-15(12)16/h5-6,9,14H,2-4,7-8,10H2,1H3. The molecule has 0 saturated carbocycles. The minimum Gasteiger partial charge on any atom is -0.300 e. The Morgan fingerprint density at radius 1 is 1.47 bits per heavy atom. The van der Waals surface area contributed by atoms with Crippen LogP contribution in [0.25, 0.3) is 0 Å². The van der Waals surface area contributed by atoms with E-state index in [1.807, 2.05) is 6.07 Å². The molecule has 0 amide bonds. The molecule has 1 saturated heterocycles. The number of hydrogen-bond acceptors (Lipinski definition) is 2. The second-order valence-corrected chi connectivity index (χ2v) is 6.12. The zero-order valence-corrected chi connectivity index (χ0v) is 12.7. The average Bonchev–Trinajstić information content (AvgIpc) is 2.34. The van der Waals surface area contributed by atoms with Gasteiger partial charge in [0.15, 0.2) is 0 Å². The van der Waals surface area contributed by atoms with Gasteiger partial charge in [0.1, 0.15) is 11.6 Å². The Bertz CT molecular complexity index is 463. The number of halogens is 2. The first kappa shape index (κ1) is 14.7. The fourth-order valence-corrected chi connectivity index (χ4v) is 3.18. The van der Waals surface area contributed by atoms with E-state index in [0.29, 0.717) is 12.5 Å². The summed E-state index contributed by atoms with van der Waals surface area (Å²) < 4.78 is 13.9. The van der Waals surface area contributed by atoms with Crippen LogP contribution in [0.1, 0.15) is 38.2 Å². The van der Waals surface area contributed by atoms with Crippen molar-refractivity contribution >= 4 is 21.7 Å². The third kappa shape index (κ3) is 4.11. The molecule has 19 heavy (non-hydrogen) atoms. The molecule has 0 radical (unpaired) electrons. The lowest BCUT2D eigenvalue weighted by atomic mass is 9.97. The minimum atomic E-state index is -0.227. The highest BCUT2D eigenvalue weighted by Gasteiger charge is 2.24. The monoisotopic (exact) mass is 327 g/mol. The minimum absolute atomic E-state index is 0.227. The van der Waals surface area contributed by atoms with Crippen LogP contribution in [0.3, 0.4) is 0 Å². The van der Waals surface area contributed by atoms with Crippen LogP contribution in [0.2, 0.25) is 0 Å². The van der Waals surface area contributed by atoms with Crippen LogP contribution < -0.4 is 0 Å². The Morgan fingerprint density at radius 3 is 2.95 bits per heavy atom. The van der Waals surface area contributed by atoms with Gasteiger partial charge in [-0.05, 0) is 44.0 Å². The van der Waals surface area contributed by atoms with Crippen molar-refractivity contribution in [3.05, 3.63) is 34.1 Å². The predicted molar refractivity (Wildman–Crippen MR) is 77.4 cm³/mol. The summed E-state index contributed by atoms with van der Waals surface area (Å²) in [6, 6.07) is 5.14. The fourth-order valence-electron chi connectivity index (χ4n) is 2.70. The number of carbonyl (C=O) groups excluding carboxylic acids is 1. The van der Waals surface area contributed by atoms with Gasteiger partial charge in [-0.25, -0.2) is 4.39 Å². The number of Topliss-reactive ketones (excluding diaryl/α,β-unsaturated/α-hetero) is 1. The highest BCUT2D eigenvalue weighted by Crippen LogP contribution is 2.25. The van der Waals surface area contributed by atoms with Crippen molar-refractivity contribution in [2.24, 2.45) is 0 Å². The molecule has 104 valence electrons. The van der Waals surface area contributed by atoms with Gasteiger partial charge in [0.2, 0.25) is 0 Å². The SMILES string of the molecule is CC(=O)CC1CCCCN1Cc1ccc(F)cc1Br. The van der Waals surface area contributed by atoms with Crippen LogP contribution in [0.5, 0.6) is 0 Å². The van der Waals surface area contributed by atoms with Crippen LogP contribution in [0, 0.1) is 5.82 Å². The van der Waals surface area contributed by atoms with Crippen molar-refractivity contribution in [1.29, 1.82) is 0 Å². The Balaban J connectivity index is 2.08. The Hall–Kier alpha value is -0.740. The molecule has 1 aromatic carbocycles. The molecule has 1 aliphatic heterocycles. The molecule has 2 rings (SSSR count). The first-order chi connectivity index (χ1) is 9.06. The topological polar surface area (TPSA) is 20.3 Å². The van der Waals surface area contributed by atoms with E-state index >= 15 is 0 Å². The zero-order chi connectivity index (χ0) is 13.8. The Labute approximate surface area is 122 Å². The number of piperidine rings is 1. The quantitative estimate of drug-likeness (QED) is 0.835. The number of rotatable bonds is 4. The zero-order valence-electron chi connectivity index (χ0n) is 11.2. The molecule has 2 nitrogen and oxygen atoms in total. The van der Waals surface area contributed by atoms with Gasteiger partial charge in [0, 0.05) is 23.5 Å². The summed E-state index contributed by atoms with van der Waals surface area (Å²) in [7, 11) is 0. The van der Waals surface area contributed by atoms with Gasteiger partial charge < -0.3 is 0 Å². The maximum absolute atomic E-state index is 13.1. The summed E-state index contributed by atoms with van der Waals surface area (Å²) in [4.78, 5) is 13.7. The molecule has 1 atom stereocenters. The maximum atomic E-state index is 13.1. The molecule has 1 unspecified atom stereocenters. The van der Waals surface area contributed by atoms with Crippen molar-refractivity contribution in [3.63, 3.8) is 0 Å². The highest BCUT2D eigenvalue weighted by atomic mass is 79.9. The van der Waals surface area contributed by atoms with Gasteiger partial charge in [-0.1, -0.05) is 28.4 Å². The van der Waals surface area contributed by atoms with E-state index in [1.54, 1.807) is 6.92 Å². The van der Waals surface area contributed by atoms with Crippen LogP contribution >= 0.6 is 15.9 Å². The van der Waals surface area contributed by atoms with Crippen molar-refractivity contribution < 1.29 is 9.18 Å². The number of likely N-dealkylation sites (tertiary alicyclic amines) is 1. The molecule has 1 fully saturated rings. The largest absolute Gasteiger partial charge is 0.300 e. The lowest BCUT2D eigenvalue weighted by Gasteiger charge is -2.35. The summed E-state index contributed by atoms with van der Waals surface area (Å²) in [6.07, 6.45) is 4.07. The van der Waals surface area contributed by atoms with Crippen LogP contribution in [0.4, 0.5) is 4.39 Å². The Morgan fingerprint density at radius 2 is 2.26 bits per heavy atom. The van der Waals surface area contributed by atoms with Crippen molar-refractivity contribution in [2.45, 2.75) is 45.2 Å². The van der Waals surface area contributed by atoms with E-state index in [1.165, 1.54) is 25.0 Å². The smallest absolute Gasteiger partial charge is 0.131 e.